The molecule has 0 fully saturated rings. The van der Waals surface area contributed by atoms with Crippen molar-refractivity contribution < 1.29 is 0 Å². The second kappa shape index (κ2) is 5.84. The molecule has 0 N–H and O–H groups in total. The third-order valence-corrected chi connectivity index (χ3v) is 8.01. The van der Waals surface area contributed by atoms with Gasteiger partial charge in [-0.05, 0) is 30.3 Å². The zero-order valence-corrected chi connectivity index (χ0v) is 18.9. The van der Waals surface area contributed by atoms with Gasteiger partial charge in [-0.3, -0.25) is 0 Å². The van der Waals surface area contributed by atoms with Crippen molar-refractivity contribution in [3.63, 3.8) is 0 Å². The summed E-state index contributed by atoms with van der Waals surface area (Å²) in [5.41, 5.74) is 7.96. The van der Waals surface area contributed by atoms with Gasteiger partial charge >= 0.3 is 0 Å². The molecule has 0 radical (unpaired) electrons. The third kappa shape index (κ3) is 1.73. The highest BCUT2D eigenvalue weighted by atomic mass is 14.9. The Morgan fingerprint density at radius 3 is 1.69 bits per heavy atom. The quantitative estimate of drug-likeness (QED) is 0.212. The van der Waals surface area contributed by atoms with E-state index in [1.807, 2.05) is 24.3 Å². The average molecular weight is 454 g/mol. The molecule has 4 heterocycles. The highest BCUT2D eigenvalue weighted by Crippen LogP contribution is 2.53. The van der Waals surface area contributed by atoms with E-state index in [1.54, 1.807) is 0 Å². The van der Waals surface area contributed by atoms with Gasteiger partial charge in [-0.2, -0.15) is 5.26 Å². The lowest BCUT2D eigenvalue weighted by molar-refractivity contribution is 1.37. The molecule has 0 unspecified atom stereocenters. The van der Waals surface area contributed by atoms with E-state index in [9.17, 15) is 5.26 Å². The Morgan fingerprint density at radius 1 is 0.556 bits per heavy atom. The van der Waals surface area contributed by atoms with Crippen molar-refractivity contribution in [3.8, 4) is 6.07 Å². The molecule has 0 amide bonds. The molecule has 36 heavy (non-hydrogen) atoms. The summed E-state index contributed by atoms with van der Waals surface area (Å²) in [7, 11) is 0. The summed E-state index contributed by atoms with van der Waals surface area (Å²) < 4.78 is 4.66. The Hall–Kier alpha value is -5.32. The van der Waals surface area contributed by atoms with E-state index < -0.39 is 0 Å². The molecule has 0 atom stereocenters. The van der Waals surface area contributed by atoms with Gasteiger partial charge in [0.05, 0.1) is 45.8 Å². The van der Waals surface area contributed by atoms with Crippen molar-refractivity contribution in [3.05, 3.63) is 102 Å². The lowest BCUT2D eigenvalue weighted by Gasteiger charge is -2.04. The largest absolute Gasteiger partial charge is 0.309 e. The highest BCUT2D eigenvalue weighted by Gasteiger charge is 2.29. The van der Waals surface area contributed by atoms with Crippen LogP contribution in [0.15, 0.2) is 84.9 Å². The first-order valence-corrected chi connectivity index (χ1v) is 11.9. The molecule has 162 valence electrons. The van der Waals surface area contributed by atoms with Crippen molar-refractivity contribution in [1.29, 1.82) is 5.26 Å². The number of para-hydroxylation sites is 2. The topological polar surface area (TPSA) is 37.0 Å². The molecule has 4 aromatic heterocycles. The number of nitrogens with zero attached hydrogens (tertiary/aromatic N) is 4. The minimum absolute atomic E-state index is 0.668. The van der Waals surface area contributed by atoms with Gasteiger partial charge in [-0.15, -0.1) is 0 Å². The summed E-state index contributed by atoms with van der Waals surface area (Å²) in [6, 6.07) is 31.5. The summed E-state index contributed by atoms with van der Waals surface area (Å²) >= 11 is 0. The van der Waals surface area contributed by atoms with E-state index in [0.29, 0.717) is 11.3 Å². The van der Waals surface area contributed by atoms with Gasteiger partial charge in [0.25, 0.3) is 0 Å². The molecular weight excluding hydrogens is 440 g/mol. The van der Waals surface area contributed by atoms with Crippen LogP contribution in [0.5, 0.6) is 0 Å². The normalized spacial score (nSPS) is 12.4. The van der Waals surface area contributed by atoms with Crippen LogP contribution in [0, 0.1) is 17.9 Å². The van der Waals surface area contributed by atoms with Crippen LogP contribution in [0.1, 0.15) is 5.56 Å². The number of fused-ring (bicyclic) bond motifs is 14. The van der Waals surface area contributed by atoms with Crippen molar-refractivity contribution in [1.82, 2.24) is 8.80 Å². The Kier molecular flexibility index (Phi) is 2.93. The monoisotopic (exact) mass is 454 g/mol. The molecule has 0 saturated heterocycles. The number of rotatable bonds is 0. The van der Waals surface area contributed by atoms with Crippen LogP contribution in [0.4, 0.5) is 5.69 Å². The van der Waals surface area contributed by atoms with Gasteiger partial charge in [0.1, 0.15) is 0 Å². The maximum atomic E-state index is 10.2. The lowest BCUT2D eigenvalue weighted by Crippen LogP contribution is -1.81. The van der Waals surface area contributed by atoms with Gasteiger partial charge in [0, 0.05) is 48.6 Å². The number of benzene rings is 5. The smallest absolute Gasteiger partial charge is 0.197 e. The molecule has 0 saturated carbocycles. The van der Waals surface area contributed by atoms with Crippen LogP contribution in [0.2, 0.25) is 0 Å². The molecule has 0 aliphatic carbocycles. The third-order valence-electron chi connectivity index (χ3n) is 8.01. The first-order valence-electron chi connectivity index (χ1n) is 11.9. The van der Waals surface area contributed by atoms with Crippen LogP contribution >= 0.6 is 0 Å². The molecule has 0 aliphatic heterocycles. The first-order chi connectivity index (χ1) is 17.8. The number of aromatic nitrogens is 2. The van der Waals surface area contributed by atoms with Gasteiger partial charge in [-0.25, -0.2) is 4.85 Å². The number of hydrogen-bond acceptors (Lipinski definition) is 1. The summed E-state index contributed by atoms with van der Waals surface area (Å²) in [6.07, 6.45) is 0. The van der Waals surface area contributed by atoms with E-state index in [4.69, 9.17) is 6.57 Å². The summed E-state index contributed by atoms with van der Waals surface area (Å²) in [4.78, 5) is 3.96. The number of hydrogen-bond donors (Lipinski definition) is 0. The zero-order valence-electron chi connectivity index (χ0n) is 18.9. The van der Waals surface area contributed by atoms with Gasteiger partial charge in [-0.1, -0.05) is 54.6 Å². The van der Waals surface area contributed by atoms with Crippen molar-refractivity contribution in [2.75, 3.05) is 0 Å². The first kappa shape index (κ1) is 18.1. The predicted octanol–water partition coefficient (Wildman–Crippen LogP) is 8.41. The molecule has 5 aromatic carbocycles. The summed E-state index contributed by atoms with van der Waals surface area (Å²) in [5.74, 6) is 0. The van der Waals surface area contributed by atoms with Gasteiger partial charge in [0.15, 0.2) is 5.69 Å². The molecule has 0 spiro atoms. The minimum Gasteiger partial charge on any atom is -0.309 e. The van der Waals surface area contributed by atoms with Gasteiger partial charge < -0.3 is 8.80 Å². The van der Waals surface area contributed by atoms with Crippen LogP contribution in [-0.2, 0) is 0 Å². The molecular formula is C32H14N4. The molecule has 9 aromatic rings. The van der Waals surface area contributed by atoms with Crippen molar-refractivity contribution in [2.45, 2.75) is 0 Å². The van der Waals surface area contributed by atoms with Crippen molar-refractivity contribution >= 4 is 81.9 Å². The van der Waals surface area contributed by atoms with Crippen molar-refractivity contribution in [2.24, 2.45) is 0 Å². The molecule has 4 heteroatoms. The van der Waals surface area contributed by atoms with E-state index in [0.717, 1.165) is 65.4 Å². The van der Waals surface area contributed by atoms with Crippen LogP contribution < -0.4 is 0 Å². The van der Waals surface area contributed by atoms with E-state index in [1.165, 1.54) is 10.8 Å². The van der Waals surface area contributed by atoms with Crippen LogP contribution in [0.3, 0.4) is 0 Å². The lowest BCUT2D eigenvalue weighted by atomic mass is 9.96. The Labute approximate surface area is 203 Å². The van der Waals surface area contributed by atoms with Crippen LogP contribution in [-0.4, -0.2) is 8.80 Å². The fourth-order valence-corrected chi connectivity index (χ4v) is 6.83. The second-order valence-electron chi connectivity index (χ2n) is 9.50. The summed E-state index contributed by atoms with van der Waals surface area (Å²) in [5, 5.41) is 19.1. The average Bonchev–Trinajstić information content (AvgIpc) is 3.65. The predicted molar refractivity (Wildman–Crippen MR) is 147 cm³/mol. The molecule has 0 bridgehead atoms. The molecule has 0 aliphatic rings. The van der Waals surface area contributed by atoms with E-state index in [2.05, 4.69) is 80.4 Å². The molecule has 9 rings (SSSR count). The maximum absolute atomic E-state index is 10.2. The zero-order chi connectivity index (χ0) is 23.7. The Morgan fingerprint density at radius 2 is 1.08 bits per heavy atom. The number of nitriles is 1. The van der Waals surface area contributed by atoms with E-state index in [-0.39, 0.29) is 0 Å². The second-order valence-corrected chi connectivity index (χ2v) is 9.50. The minimum atomic E-state index is 0.668. The van der Waals surface area contributed by atoms with Crippen LogP contribution in [0.25, 0.3) is 81.0 Å². The maximum Gasteiger partial charge on any atom is 0.197 e. The summed E-state index contributed by atoms with van der Waals surface area (Å²) in [6.45, 7) is 7.99. The Balaban J connectivity index is 1.84. The van der Waals surface area contributed by atoms with E-state index >= 15 is 0 Å². The fourth-order valence-electron chi connectivity index (χ4n) is 6.83. The Bertz CT molecular complexity index is 2310. The fraction of sp³-hybridized carbons (Fsp3) is 0. The highest BCUT2D eigenvalue weighted by molar-refractivity contribution is 6.46. The molecule has 4 nitrogen and oxygen atoms in total. The SMILES string of the molecule is [C-]#[N+]c1cccc2c1c1c3c4ccccc4n4c5cccc(C#N)c5c(c5c6ccccc6n2c51)c34. The standard InChI is InChI=1S/C32H14N4/c1-34-20-11-7-15-24-28(20)30-27-19-10-3-4-12-21(19)35-23-14-6-8-17(16-33)25(23)29(31(27)35)26-18-9-2-5-13-22(18)36(24)32(26)30/h2-15H. The van der Waals surface area contributed by atoms with Gasteiger partial charge in [0.2, 0.25) is 0 Å².